The molecular formula is C12H16N2O4. The molecule has 1 unspecified atom stereocenters. The first-order chi connectivity index (χ1) is 8.41. The minimum absolute atomic E-state index is 0.00380. The molecule has 0 radical (unpaired) electrons. The first-order valence-corrected chi connectivity index (χ1v) is 5.72. The number of anilines is 1. The first kappa shape index (κ1) is 12.6. The Bertz CT molecular complexity index is 473. The molecule has 1 heterocycles. The molecule has 2 rings (SSSR count). The van der Waals surface area contributed by atoms with E-state index in [2.05, 4.69) is 0 Å². The lowest BCUT2D eigenvalue weighted by Gasteiger charge is -2.21. The highest BCUT2D eigenvalue weighted by Crippen LogP contribution is 2.32. The average molecular weight is 252 g/mol. The van der Waals surface area contributed by atoms with Crippen LogP contribution in [0.4, 0.5) is 11.4 Å². The van der Waals surface area contributed by atoms with Gasteiger partial charge in [-0.2, -0.15) is 0 Å². The summed E-state index contributed by atoms with van der Waals surface area (Å²) in [6.45, 7) is 2.91. The average Bonchev–Trinajstić information content (AvgIpc) is 2.69. The number of β-amino-alcohol motifs (C(OH)–C–C–N with tert-alkyl or cyclic N) is 1. The Morgan fingerprint density at radius 3 is 2.72 bits per heavy atom. The molecule has 0 aromatic heterocycles. The Labute approximate surface area is 105 Å². The van der Waals surface area contributed by atoms with Gasteiger partial charge >= 0.3 is 0 Å². The van der Waals surface area contributed by atoms with Crippen LogP contribution < -0.4 is 9.64 Å². The van der Waals surface area contributed by atoms with Gasteiger partial charge in [0.2, 0.25) is 0 Å². The molecule has 0 bridgehead atoms. The predicted octanol–water partition coefficient (Wildman–Crippen LogP) is 1.56. The Morgan fingerprint density at radius 2 is 2.22 bits per heavy atom. The van der Waals surface area contributed by atoms with Crippen molar-refractivity contribution in [2.24, 2.45) is 0 Å². The van der Waals surface area contributed by atoms with Gasteiger partial charge in [0.25, 0.3) is 5.69 Å². The van der Waals surface area contributed by atoms with Crippen molar-refractivity contribution in [1.29, 1.82) is 0 Å². The van der Waals surface area contributed by atoms with E-state index >= 15 is 0 Å². The second-order valence-corrected chi connectivity index (χ2v) is 4.81. The Morgan fingerprint density at radius 1 is 1.50 bits per heavy atom. The van der Waals surface area contributed by atoms with Crippen LogP contribution in [-0.4, -0.2) is 35.8 Å². The van der Waals surface area contributed by atoms with Crippen molar-refractivity contribution in [2.75, 3.05) is 25.1 Å². The van der Waals surface area contributed by atoms with Crippen molar-refractivity contribution in [1.82, 2.24) is 0 Å². The molecular weight excluding hydrogens is 236 g/mol. The van der Waals surface area contributed by atoms with Crippen molar-refractivity contribution in [3.05, 3.63) is 28.3 Å². The van der Waals surface area contributed by atoms with Crippen LogP contribution in [0.3, 0.4) is 0 Å². The minimum Gasteiger partial charge on any atom is -0.496 e. The van der Waals surface area contributed by atoms with Gasteiger partial charge in [0.15, 0.2) is 0 Å². The lowest BCUT2D eigenvalue weighted by Crippen LogP contribution is -2.29. The van der Waals surface area contributed by atoms with Gasteiger partial charge in [0, 0.05) is 30.9 Å². The largest absolute Gasteiger partial charge is 0.496 e. The molecule has 1 N–H and O–H groups in total. The summed E-state index contributed by atoms with van der Waals surface area (Å²) >= 11 is 0. The van der Waals surface area contributed by atoms with Crippen molar-refractivity contribution >= 4 is 11.4 Å². The summed E-state index contributed by atoms with van der Waals surface area (Å²) in [5.41, 5.74) is -0.0348. The Hall–Kier alpha value is -1.82. The summed E-state index contributed by atoms with van der Waals surface area (Å²) in [6.07, 6.45) is 0.651. The van der Waals surface area contributed by atoms with E-state index in [0.29, 0.717) is 30.9 Å². The van der Waals surface area contributed by atoms with Gasteiger partial charge in [-0.05, 0) is 13.3 Å². The maximum Gasteiger partial charge on any atom is 0.275 e. The first-order valence-electron chi connectivity index (χ1n) is 5.72. The molecule has 1 aliphatic heterocycles. The molecule has 1 saturated heterocycles. The number of nitrogens with zero attached hydrogens (tertiary/aromatic N) is 2. The Kier molecular flexibility index (Phi) is 3.13. The highest BCUT2D eigenvalue weighted by atomic mass is 16.6. The van der Waals surface area contributed by atoms with Gasteiger partial charge in [-0.15, -0.1) is 0 Å². The summed E-state index contributed by atoms with van der Waals surface area (Å²) in [7, 11) is 1.48. The number of aliphatic hydroxyl groups is 1. The normalized spacial score (nSPS) is 23.2. The molecule has 6 nitrogen and oxygen atoms in total. The summed E-state index contributed by atoms with van der Waals surface area (Å²) < 4.78 is 5.06. The summed E-state index contributed by atoms with van der Waals surface area (Å²) in [4.78, 5) is 12.3. The molecule has 18 heavy (non-hydrogen) atoms. The molecule has 1 aromatic rings. The highest BCUT2D eigenvalue weighted by Gasteiger charge is 2.32. The van der Waals surface area contributed by atoms with Crippen LogP contribution in [0.25, 0.3) is 0 Å². The zero-order chi connectivity index (χ0) is 13.3. The smallest absolute Gasteiger partial charge is 0.275 e. The fourth-order valence-corrected chi connectivity index (χ4v) is 2.14. The van der Waals surface area contributed by atoms with Gasteiger partial charge in [-0.25, -0.2) is 0 Å². The van der Waals surface area contributed by atoms with Crippen LogP contribution in [0.1, 0.15) is 13.3 Å². The summed E-state index contributed by atoms with van der Waals surface area (Å²) in [5.74, 6) is 0.450. The van der Waals surface area contributed by atoms with Crippen molar-refractivity contribution < 1.29 is 14.8 Å². The SMILES string of the molecule is COc1cc(N2CCC(C)(O)C2)cc([N+](=O)[O-])c1. The fraction of sp³-hybridized carbons (Fsp3) is 0.500. The maximum absolute atomic E-state index is 10.8. The number of methoxy groups -OCH3 is 1. The topological polar surface area (TPSA) is 75.8 Å². The number of ether oxygens (including phenoxy) is 1. The third-order valence-electron chi connectivity index (χ3n) is 3.14. The van der Waals surface area contributed by atoms with Gasteiger partial charge in [0.1, 0.15) is 5.75 Å². The Balaban J connectivity index is 2.33. The molecule has 1 atom stereocenters. The van der Waals surface area contributed by atoms with Crippen LogP contribution >= 0.6 is 0 Å². The third kappa shape index (κ3) is 2.53. The minimum atomic E-state index is -0.738. The van der Waals surface area contributed by atoms with Gasteiger partial charge < -0.3 is 14.7 Å². The number of hydrogen-bond donors (Lipinski definition) is 1. The monoisotopic (exact) mass is 252 g/mol. The zero-order valence-corrected chi connectivity index (χ0v) is 10.4. The molecule has 98 valence electrons. The lowest BCUT2D eigenvalue weighted by molar-refractivity contribution is -0.384. The molecule has 6 heteroatoms. The van der Waals surface area contributed by atoms with E-state index in [1.165, 1.54) is 19.2 Å². The predicted molar refractivity (Wildman–Crippen MR) is 67.1 cm³/mol. The van der Waals surface area contributed by atoms with Crippen LogP contribution in [-0.2, 0) is 0 Å². The molecule has 1 aromatic carbocycles. The van der Waals surface area contributed by atoms with E-state index in [9.17, 15) is 15.2 Å². The quantitative estimate of drug-likeness (QED) is 0.652. The fourth-order valence-electron chi connectivity index (χ4n) is 2.14. The standard InChI is InChI=1S/C12H16N2O4/c1-12(15)3-4-13(8-12)9-5-10(14(16)17)7-11(6-9)18-2/h5-7,15H,3-4,8H2,1-2H3. The third-order valence-corrected chi connectivity index (χ3v) is 3.14. The van der Waals surface area contributed by atoms with E-state index in [1.54, 1.807) is 13.0 Å². The molecule has 1 aliphatic rings. The van der Waals surface area contributed by atoms with Gasteiger partial charge in [-0.1, -0.05) is 0 Å². The van der Waals surface area contributed by atoms with Crippen molar-refractivity contribution in [3.63, 3.8) is 0 Å². The van der Waals surface area contributed by atoms with E-state index in [-0.39, 0.29) is 5.69 Å². The second kappa shape index (κ2) is 4.45. The lowest BCUT2D eigenvalue weighted by atomic mass is 10.1. The van der Waals surface area contributed by atoms with E-state index < -0.39 is 10.5 Å². The second-order valence-electron chi connectivity index (χ2n) is 4.81. The van der Waals surface area contributed by atoms with Crippen LogP contribution in [0.15, 0.2) is 18.2 Å². The van der Waals surface area contributed by atoms with Crippen LogP contribution in [0, 0.1) is 10.1 Å². The van der Waals surface area contributed by atoms with Crippen LogP contribution in [0.2, 0.25) is 0 Å². The maximum atomic E-state index is 10.8. The molecule has 0 amide bonds. The van der Waals surface area contributed by atoms with E-state index in [0.717, 1.165) is 0 Å². The van der Waals surface area contributed by atoms with Crippen molar-refractivity contribution in [2.45, 2.75) is 18.9 Å². The summed E-state index contributed by atoms with van der Waals surface area (Å²) in [6, 6.07) is 4.63. The molecule has 0 saturated carbocycles. The van der Waals surface area contributed by atoms with Gasteiger partial charge in [-0.3, -0.25) is 10.1 Å². The number of non-ortho nitro benzene ring substituents is 1. The highest BCUT2D eigenvalue weighted by molar-refractivity contribution is 5.58. The number of nitro groups is 1. The molecule has 1 fully saturated rings. The van der Waals surface area contributed by atoms with Gasteiger partial charge in [0.05, 0.1) is 23.7 Å². The number of nitro benzene ring substituents is 1. The van der Waals surface area contributed by atoms with Crippen molar-refractivity contribution in [3.8, 4) is 5.75 Å². The molecule has 0 aliphatic carbocycles. The van der Waals surface area contributed by atoms with E-state index in [4.69, 9.17) is 4.74 Å². The zero-order valence-electron chi connectivity index (χ0n) is 10.4. The van der Waals surface area contributed by atoms with E-state index in [1.807, 2.05) is 4.90 Å². The number of benzene rings is 1. The molecule has 0 spiro atoms. The summed E-state index contributed by atoms with van der Waals surface area (Å²) in [5, 5.41) is 20.8. The number of rotatable bonds is 3. The number of hydrogen-bond acceptors (Lipinski definition) is 5. The van der Waals surface area contributed by atoms with Crippen LogP contribution in [0.5, 0.6) is 5.75 Å².